The van der Waals surface area contributed by atoms with Crippen molar-refractivity contribution in [2.24, 2.45) is 5.92 Å². The van der Waals surface area contributed by atoms with Gasteiger partial charge in [-0.1, -0.05) is 11.6 Å². The van der Waals surface area contributed by atoms with Gasteiger partial charge in [-0.05, 0) is 50.4 Å². The third-order valence-corrected chi connectivity index (χ3v) is 3.79. The third-order valence-electron chi connectivity index (χ3n) is 3.45. The first-order chi connectivity index (χ1) is 8.88. The van der Waals surface area contributed by atoms with Crippen LogP contribution >= 0.6 is 11.6 Å². The molecule has 19 heavy (non-hydrogen) atoms. The molecule has 0 amide bonds. The lowest BCUT2D eigenvalue weighted by Crippen LogP contribution is -2.28. The highest BCUT2D eigenvalue weighted by Crippen LogP contribution is 2.38. The van der Waals surface area contributed by atoms with Crippen LogP contribution in [0.1, 0.15) is 24.0 Å². The molecule has 0 radical (unpaired) electrons. The summed E-state index contributed by atoms with van der Waals surface area (Å²) in [5.74, 6) is -0.0141. The van der Waals surface area contributed by atoms with Crippen LogP contribution in [-0.2, 0) is 12.6 Å². The van der Waals surface area contributed by atoms with E-state index in [-0.39, 0.29) is 10.8 Å². The number of benzene rings is 1. The maximum absolute atomic E-state index is 12.6. The molecule has 0 unspecified atom stereocenters. The lowest BCUT2D eigenvalue weighted by molar-refractivity contribution is -0.137. The first-order valence-corrected chi connectivity index (χ1v) is 6.55. The number of phenols is 1. The van der Waals surface area contributed by atoms with Crippen molar-refractivity contribution in [3.8, 4) is 5.75 Å². The van der Waals surface area contributed by atoms with Crippen molar-refractivity contribution in [3.05, 3.63) is 28.3 Å². The molecule has 0 aliphatic carbocycles. The highest BCUT2D eigenvalue weighted by molar-refractivity contribution is 6.31. The smallest absolute Gasteiger partial charge is 0.416 e. The highest BCUT2D eigenvalue weighted by Gasteiger charge is 2.32. The molecule has 0 saturated carbocycles. The number of aromatic hydroxyl groups is 1. The lowest BCUT2D eigenvalue weighted by Gasteiger charge is -2.23. The zero-order valence-electron chi connectivity index (χ0n) is 10.2. The molecule has 0 bridgehead atoms. The fourth-order valence-corrected chi connectivity index (χ4v) is 2.65. The molecule has 1 aromatic rings. The molecule has 6 heteroatoms. The third kappa shape index (κ3) is 3.54. The van der Waals surface area contributed by atoms with Gasteiger partial charge in [-0.15, -0.1) is 0 Å². The molecular formula is C13H15ClF3NO. The summed E-state index contributed by atoms with van der Waals surface area (Å²) < 4.78 is 37.7. The summed E-state index contributed by atoms with van der Waals surface area (Å²) in [6.07, 6.45) is -2.09. The van der Waals surface area contributed by atoms with Crippen molar-refractivity contribution >= 4 is 11.6 Å². The van der Waals surface area contributed by atoms with Gasteiger partial charge >= 0.3 is 6.18 Å². The number of hydrogen-bond donors (Lipinski definition) is 2. The Morgan fingerprint density at radius 1 is 1.26 bits per heavy atom. The van der Waals surface area contributed by atoms with Crippen LogP contribution in [0.2, 0.25) is 5.02 Å². The number of hydrogen-bond acceptors (Lipinski definition) is 2. The van der Waals surface area contributed by atoms with Crippen molar-refractivity contribution in [2.75, 3.05) is 13.1 Å². The van der Waals surface area contributed by atoms with Crippen LogP contribution in [0.15, 0.2) is 12.1 Å². The van der Waals surface area contributed by atoms with Crippen LogP contribution in [0.3, 0.4) is 0 Å². The van der Waals surface area contributed by atoms with Gasteiger partial charge in [0.1, 0.15) is 5.75 Å². The Morgan fingerprint density at radius 3 is 2.42 bits per heavy atom. The van der Waals surface area contributed by atoms with Gasteiger partial charge in [0, 0.05) is 10.6 Å². The molecule has 1 aliphatic rings. The second kappa shape index (κ2) is 5.59. The zero-order valence-corrected chi connectivity index (χ0v) is 11.0. The Morgan fingerprint density at radius 2 is 1.89 bits per heavy atom. The van der Waals surface area contributed by atoms with Crippen molar-refractivity contribution in [3.63, 3.8) is 0 Å². The molecule has 106 valence electrons. The highest BCUT2D eigenvalue weighted by atomic mass is 35.5. The summed E-state index contributed by atoms with van der Waals surface area (Å²) in [4.78, 5) is 0. The SMILES string of the molecule is Oc1cc(C(F)(F)F)cc(Cl)c1CC1CCNCC1. The van der Waals surface area contributed by atoms with Crippen molar-refractivity contribution < 1.29 is 18.3 Å². The Kier molecular flexibility index (Phi) is 4.26. The molecule has 2 rings (SSSR count). The Bertz CT molecular complexity index is 433. The summed E-state index contributed by atoms with van der Waals surface area (Å²) in [6, 6.07) is 1.64. The van der Waals surface area contributed by atoms with Crippen LogP contribution in [0, 0.1) is 5.92 Å². The molecule has 0 spiro atoms. The minimum Gasteiger partial charge on any atom is -0.508 e. The predicted octanol–water partition coefficient (Wildman–Crippen LogP) is 3.61. The fraction of sp³-hybridized carbons (Fsp3) is 0.538. The minimum absolute atomic E-state index is 0.00847. The summed E-state index contributed by atoms with van der Waals surface area (Å²) in [6.45, 7) is 1.79. The molecule has 1 aromatic carbocycles. The molecular weight excluding hydrogens is 279 g/mol. The van der Waals surface area contributed by atoms with E-state index in [4.69, 9.17) is 11.6 Å². The van der Waals surface area contributed by atoms with Crippen molar-refractivity contribution in [1.29, 1.82) is 0 Å². The summed E-state index contributed by atoms with van der Waals surface area (Å²) in [7, 11) is 0. The van der Waals surface area contributed by atoms with Gasteiger partial charge in [-0.2, -0.15) is 13.2 Å². The van der Waals surface area contributed by atoms with Crippen LogP contribution < -0.4 is 5.32 Å². The zero-order chi connectivity index (χ0) is 14.0. The van der Waals surface area contributed by atoms with E-state index in [9.17, 15) is 18.3 Å². The van der Waals surface area contributed by atoms with Gasteiger partial charge in [0.15, 0.2) is 0 Å². The molecule has 0 aromatic heterocycles. The van der Waals surface area contributed by atoms with Crippen LogP contribution in [-0.4, -0.2) is 18.2 Å². The van der Waals surface area contributed by atoms with E-state index in [2.05, 4.69) is 5.32 Å². The normalized spacial score (nSPS) is 17.7. The minimum atomic E-state index is -4.49. The second-order valence-electron chi connectivity index (χ2n) is 4.85. The molecule has 1 heterocycles. The Hall–Kier alpha value is -0.940. The maximum Gasteiger partial charge on any atom is 0.416 e. The topological polar surface area (TPSA) is 32.3 Å². The number of rotatable bonds is 2. The molecule has 0 atom stereocenters. The number of phenolic OH excluding ortho intramolecular Hbond substituents is 1. The van der Waals surface area contributed by atoms with E-state index >= 15 is 0 Å². The largest absolute Gasteiger partial charge is 0.508 e. The molecule has 2 nitrogen and oxygen atoms in total. The predicted molar refractivity (Wildman–Crippen MR) is 67.4 cm³/mol. The number of piperidine rings is 1. The monoisotopic (exact) mass is 293 g/mol. The van der Waals surface area contributed by atoms with Crippen molar-refractivity contribution in [2.45, 2.75) is 25.4 Å². The summed E-state index contributed by atoms with van der Waals surface area (Å²) >= 11 is 5.88. The van der Waals surface area contributed by atoms with E-state index in [0.717, 1.165) is 38.1 Å². The van der Waals surface area contributed by atoms with E-state index < -0.39 is 11.7 Å². The van der Waals surface area contributed by atoms with Gasteiger partial charge in [0.25, 0.3) is 0 Å². The van der Waals surface area contributed by atoms with Crippen LogP contribution in [0.5, 0.6) is 5.75 Å². The molecule has 1 fully saturated rings. The second-order valence-corrected chi connectivity index (χ2v) is 5.26. The fourth-order valence-electron chi connectivity index (χ4n) is 2.36. The van der Waals surface area contributed by atoms with Gasteiger partial charge in [-0.3, -0.25) is 0 Å². The average Bonchev–Trinajstić information content (AvgIpc) is 2.33. The van der Waals surface area contributed by atoms with E-state index in [1.165, 1.54) is 0 Å². The van der Waals surface area contributed by atoms with E-state index in [1.807, 2.05) is 0 Å². The van der Waals surface area contributed by atoms with Gasteiger partial charge < -0.3 is 10.4 Å². The number of alkyl halides is 3. The summed E-state index contributed by atoms with van der Waals surface area (Å²) in [5, 5.41) is 13.0. The Labute approximate surface area is 114 Å². The number of halogens is 4. The molecule has 1 aliphatic heterocycles. The molecule has 1 saturated heterocycles. The van der Waals surface area contributed by atoms with Gasteiger partial charge in [0.05, 0.1) is 5.56 Å². The van der Waals surface area contributed by atoms with Crippen LogP contribution in [0.25, 0.3) is 0 Å². The number of nitrogens with one attached hydrogen (secondary N) is 1. The summed E-state index contributed by atoms with van der Waals surface area (Å²) in [5.41, 5.74) is -0.495. The quantitative estimate of drug-likeness (QED) is 0.873. The average molecular weight is 294 g/mol. The van der Waals surface area contributed by atoms with Crippen molar-refractivity contribution in [1.82, 2.24) is 5.32 Å². The first-order valence-electron chi connectivity index (χ1n) is 6.17. The van der Waals surface area contributed by atoms with E-state index in [1.54, 1.807) is 0 Å². The standard InChI is InChI=1S/C13H15ClF3NO/c14-11-6-9(13(15,16)17)7-12(19)10(11)5-8-1-3-18-4-2-8/h6-8,18-19H,1-5H2. The Balaban J connectivity index is 2.21. The van der Waals surface area contributed by atoms with Gasteiger partial charge in [0.2, 0.25) is 0 Å². The lowest BCUT2D eigenvalue weighted by atomic mass is 9.90. The van der Waals surface area contributed by atoms with Crippen LogP contribution in [0.4, 0.5) is 13.2 Å². The molecule has 2 N–H and O–H groups in total. The first kappa shape index (κ1) is 14.5. The maximum atomic E-state index is 12.6. The van der Waals surface area contributed by atoms with E-state index in [0.29, 0.717) is 17.9 Å². The van der Waals surface area contributed by atoms with Gasteiger partial charge in [-0.25, -0.2) is 0 Å².